The van der Waals surface area contributed by atoms with Gasteiger partial charge in [0.2, 0.25) is 11.8 Å². The Balaban J connectivity index is 1.71. The number of fused-ring (bicyclic) bond motifs is 1. The van der Waals surface area contributed by atoms with E-state index in [9.17, 15) is 9.59 Å². The van der Waals surface area contributed by atoms with E-state index >= 15 is 0 Å². The van der Waals surface area contributed by atoms with Gasteiger partial charge < -0.3 is 14.6 Å². The van der Waals surface area contributed by atoms with E-state index in [0.29, 0.717) is 22.3 Å². The topological polar surface area (TPSA) is 62.6 Å². The molecule has 0 spiro atoms. The number of nitrogens with zero attached hydrogens (tertiary/aromatic N) is 1. The zero-order valence-corrected chi connectivity index (χ0v) is 18.0. The molecule has 2 aromatic carbocycles. The highest BCUT2D eigenvalue weighted by Crippen LogP contribution is 2.30. The third-order valence-corrected chi connectivity index (χ3v) is 5.61. The standard InChI is InChI=1S/C22H22Cl2N2O3/c1-4-26(11-19(27)25-21-17(23)6-5-7-18(21)24)20(28)10-15-12-29-22-14(3)13(2)8-9-16(15)22/h5-9,12H,4,10-11H2,1-3H3,(H,25,27). The summed E-state index contributed by atoms with van der Waals surface area (Å²) in [5, 5.41) is 4.29. The number of hydrogen-bond donors (Lipinski definition) is 1. The van der Waals surface area contributed by atoms with Crippen LogP contribution in [0.15, 0.2) is 41.0 Å². The number of rotatable bonds is 6. The fourth-order valence-corrected chi connectivity index (χ4v) is 3.64. The molecule has 0 aliphatic rings. The van der Waals surface area contributed by atoms with E-state index in [-0.39, 0.29) is 24.8 Å². The van der Waals surface area contributed by atoms with Crippen LogP contribution >= 0.6 is 23.2 Å². The van der Waals surface area contributed by atoms with E-state index in [2.05, 4.69) is 5.32 Å². The quantitative estimate of drug-likeness (QED) is 0.567. The number of likely N-dealkylation sites (N-methyl/N-ethyl adjacent to an activating group) is 1. The normalized spacial score (nSPS) is 10.9. The van der Waals surface area contributed by atoms with Gasteiger partial charge in [0.15, 0.2) is 0 Å². The summed E-state index contributed by atoms with van der Waals surface area (Å²) in [7, 11) is 0. The number of para-hydroxylation sites is 1. The predicted molar refractivity (Wildman–Crippen MR) is 117 cm³/mol. The number of benzene rings is 2. The lowest BCUT2D eigenvalue weighted by molar-refractivity contribution is -0.133. The number of aryl methyl sites for hydroxylation is 2. The Morgan fingerprint density at radius 1 is 1.10 bits per heavy atom. The van der Waals surface area contributed by atoms with Crippen molar-refractivity contribution in [3.63, 3.8) is 0 Å². The number of anilines is 1. The Labute approximate surface area is 179 Å². The minimum Gasteiger partial charge on any atom is -0.464 e. The van der Waals surface area contributed by atoms with Crippen LogP contribution in [-0.2, 0) is 16.0 Å². The van der Waals surface area contributed by atoms with Crippen LogP contribution in [0.4, 0.5) is 5.69 Å². The zero-order valence-electron chi connectivity index (χ0n) is 16.5. The second kappa shape index (κ2) is 8.89. The summed E-state index contributed by atoms with van der Waals surface area (Å²) in [6.45, 7) is 6.15. The van der Waals surface area contributed by atoms with Gasteiger partial charge in [0, 0.05) is 17.5 Å². The predicted octanol–water partition coefficient (Wildman–Crippen LogP) is 5.39. The molecular formula is C22H22Cl2N2O3. The van der Waals surface area contributed by atoms with Gasteiger partial charge in [-0.2, -0.15) is 0 Å². The maximum absolute atomic E-state index is 12.8. The van der Waals surface area contributed by atoms with Crippen molar-refractivity contribution in [2.24, 2.45) is 0 Å². The highest BCUT2D eigenvalue weighted by Gasteiger charge is 2.20. The Morgan fingerprint density at radius 2 is 1.79 bits per heavy atom. The Kier molecular flexibility index (Phi) is 6.50. The maximum atomic E-state index is 12.8. The van der Waals surface area contributed by atoms with E-state index in [1.807, 2.05) is 32.9 Å². The lowest BCUT2D eigenvalue weighted by atomic mass is 10.0. The molecule has 1 N–H and O–H groups in total. The van der Waals surface area contributed by atoms with E-state index in [0.717, 1.165) is 27.7 Å². The Morgan fingerprint density at radius 3 is 2.45 bits per heavy atom. The van der Waals surface area contributed by atoms with Crippen LogP contribution in [0.1, 0.15) is 23.6 Å². The minimum absolute atomic E-state index is 0.0925. The molecule has 0 saturated heterocycles. The number of carbonyl (C=O) groups excluding carboxylic acids is 2. The minimum atomic E-state index is -0.362. The number of amides is 2. The highest BCUT2D eigenvalue weighted by molar-refractivity contribution is 6.39. The second-order valence-electron chi connectivity index (χ2n) is 6.87. The van der Waals surface area contributed by atoms with E-state index in [4.69, 9.17) is 27.6 Å². The summed E-state index contributed by atoms with van der Waals surface area (Å²) in [5.41, 5.74) is 4.14. The molecule has 0 fully saturated rings. The molecule has 3 rings (SSSR count). The summed E-state index contributed by atoms with van der Waals surface area (Å²) in [4.78, 5) is 26.7. The summed E-state index contributed by atoms with van der Waals surface area (Å²) >= 11 is 12.2. The van der Waals surface area contributed by atoms with Crippen LogP contribution < -0.4 is 5.32 Å². The van der Waals surface area contributed by atoms with Crippen molar-refractivity contribution in [3.05, 3.63) is 63.3 Å². The van der Waals surface area contributed by atoms with Crippen molar-refractivity contribution in [2.75, 3.05) is 18.4 Å². The molecule has 0 atom stereocenters. The molecule has 3 aromatic rings. The van der Waals surface area contributed by atoms with Crippen LogP contribution in [0.25, 0.3) is 11.0 Å². The van der Waals surface area contributed by atoms with Crippen LogP contribution in [0.5, 0.6) is 0 Å². The van der Waals surface area contributed by atoms with E-state index in [1.54, 1.807) is 24.5 Å². The van der Waals surface area contributed by atoms with Crippen LogP contribution in [0, 0.1) is 13.8 Å². The molecule has 2 amide bonds. The molecule has 0 aliphatic carbocycles. The third-order valence-electron chi connectivity index (χ3n) is 4.98. The second-order valence-corrected chi connectivity index (χ2v) is 7.69. The molecule has 0 radical (unpaired) electrons. The van der Waals surface area contributed by atoms with E-state index in [1.165, 1.54) is 4.90 Å². The molecule has 1 aromatic heterocycles. The molecule has 0 saturated carbocycles. The third kappa shape index (κ3) is 4.57. The van der Waals surface area contributed by atoms with Gasteiger partial charge in [-0.15, -0.1) is 0 Å². The fraction of sp³-hybridized carbons (Fsp3) is 0.273. The molecule has 29 heavy (non-hydrogen) atoms. The largest absolute Gasteiger partial charge is 0.464 e. The molecule has 152 valence electrons. The zero-order chi connectivity index (χ0) is 21.1. The Bertz CT molecular complexity index is 1060. The average molecular weight is 433 g/mol. The van der Waals surface area contributed by atoms with Crippen LogP contribution in [0.2, 0.25) is 10.0 Å². The van der Waals surface area contributed by atoms with Gasteiger partial charge in [-0.1, -0.05) is 41.4 Å². The number of hydrogen-bond acceptors (Lipinski definition) is 3. The van der Waals surface area contributed by atoms with Gasteiger partial charge in [0.05, 0.1) is 35.0 Å². The number of carbonyl (C=O) groups is 2. The first-order valence-corrected chi connectivity index (χ1v) is 10.0. The molecule has 0 bridgehead atoms. The van der Waals surface area contributed by atoms with Gasteiger partial charge in [-0.25, -0.2) is 0 Å². The van der Waals surface area contributed by atoms with Gasteiger partial charge in [-0.3, -0.25) is 9.59 Å². The van der Waals surface area contributed by atoms with Crippen molar-refractivity contribution < 1.29 is 14.0 Å². The number of nitrogens with one attached hydrogen (secondary N) is 1. The molecular weight excluding hydrogens is 411 g/mol. The van der Waals surface area contributed by atoms with Crippen molar-refractivity contribution in [2.45, 2.75) is 27.2 Å². The first-order chi connectivity index (χ1) is 13.8. The summed E-state index contributed by atoms with van der Waals surface area (Å²) in [6, 6.07) is 8.95. The SMILES string of the molecule is CCN(CC(=O)Nc1c(Cl)cccc1Cl)C(=O)Cc1coc2c(C)c(C)ccc12. The van der Waals surface area contributed by atoms with Crippen molar-refractivity contribution in [1.82, 2.24) is 4.90 Å². The van der Waals surface area contributed by atoms with Gasteiger partial charge in [0.25, 0.3) is 0 Å². The molecule has 1 heterocycles. The molecule has 5 nitrogen and oxygen atoms in total. The first kappa shape index (κ1) is 21.2. The van der Waals surface area contributed by atoms with Crippen molar-refractivity contribution in [3.8, 4) is 0 Å². The van der Waals surface area contributed by atoms with Crippen LogP contribution in [0.3, 0.4) is 0 Å². The summed E-state index contributed by atoms with van der Waals surface area (Å²) in [5.74, 6) is -0.521. The Hall–Kier alpha value is -2.50. The van der Waals surface area contributed by atoms with Crippen LogP contribution in [-0.4, -0.2) is 29.8 Å². The average Bonchev–Trinajstić information content (AvgIpc) is 3.09. The van der Waals surface area contributed by atoms with Gasteiger partial charge in [0.1, 0.15) is 5.58 Å². The molecule has 7 heteroatoms. The highest BCUT2D eigenvalue weighted by atomic mass is 35.5. The molecule has 0 aliphatic heterocycles. The lowest BCUT2D eigenvalue weighted by Gasteiger charge is -2.20. The van der Waals surface area contributed by atoms with Crippen molar-refractivity contribution >= 4 is 51.7 Å². The summed E-state index contributed by atoms with van der Waals surface area (Å²) < 4.78 is 5.68. The smallest absolute Gasteiger partial charge is 0.244 e. The fourth-order valence-electron chi connectivity index (χ4n) is 3.15. The lowest BCUT2D eigenvalue weighted by Crippen LogP contribution is -2.38. The van der Waals surface area contributed by atoms with Gasteiger partial charge in [-0.05, 0) is 44.0 Å². The monoisotopic (exact) mass is 432 g/mol. The number of halogens is 2. The number of furan rings is 1. The van der Waals surface area contributed by atoms with Gasteiger partial charge >= 0.3 is 0 Å². The van der Waals surface area contributed by atoms with Crippen molar-refractivity contribution in [1.29, 1.82) is 0 Å². The first-order valence-electron chi connectivity index (χ1n) is 9.29. The summed E-state index contributed by atoms with van der Waals surface area (Å²) in [6.07, 6.45) is 1.77. The maximum Gasteiger partial charge on any atom is 0.244 e. The van der Waals surface area contributed by atoms with E-state index < -0.39 is 0 Å². The molecule has 0 unspecified atom stereocenters.